The molecule has 0 fully saturated rings. The molecule has 3 heteroatoms. The van der Waals surface area contributed by atoms with Crippen LogP contribution in [0.15, 0.2) is 211 Å². The third kappa shape index (κ3) is 6.93. The molecule has 4 unspecified atom stereocenters. The van der Waals surface area contributed by atoms with E-state index in [-0.39, 0.29) is 17.9 Å². The second-order valence-corrected chi connectivity index (χ2v) is 20.8. The van der Waals surface area contributed by atoms with Crippen LogP contribution in [0, 0.1) is 11.8 Å². The molecule has 2 heterocycles. The molecule has 0 spiro atoms. The Hall–Kier alpha value is -7.59. The number of hydrogen-bond acceptors (Lipinski definition) is 2. The summed E-state index contributed by atoms with van der Waals surface area (Å²) in [4.78, 5) is 6.17. The molecule has 0 bridgehead atoms. The SMILES string of the molecule is CCC(C)C(/N=C(/c1ccc2c(ccc3ccccc32)c1)C(CC)C(C)c1cc(-n2c3ccccc3c3cc4ccccc4cc32)cc2sc3ccccc3c12)c1ccc2c(ccc3ccccc32)c1. The third-order valence-corrected chi connectivity index (χ3v) is 16.9. The number of rotatable bonds is 10. The van der Waals surface area contributed by atoms with E-state index in [9.17, 15) is 0 Å². The van der Waals surface area contributed by atoms with Gasteiger partial charge in [0, 0.05) is 48.3 Å². The zero-order valence-corrected chi connectivity index (χ0v) is 41.0. The minimum absolute atomic E-state index is 0.0369. The average molecular weight is 919 g/mol. The van der Waals surface area contributed by atoms with Gasteiger partial charge in [-0.25, -0.2) is 0 Å². The van der Waals surface area contributed by atoms with Crippen molar-refractivity contribution in [2.24, 2.45) is 16.8 Å². The predicted molar refractivity (Wildman–Crippen MR) is 305 cm³/mol. The second-order valence-electron chi connectivity index (χ2n) is 19.7. The van der Waals surface area contributed by atoms with Crippen molar-refractivity contribution < 1.29 is 0 Å². The molecular weight excluding hydrogens is 865 g/mol. The highest BCUT2D eigenvalue weighted by molar-refractivity contribution is 7.25. The van der Waals surface area contributed by atoms with Gasteiger partial charge in [0.1, 0.15) is 0 Å². The van der Waals surface area contributed by atoms with Crippen molar-refractivity contribution in [2.75, 3.05) is 0 Å². The van der Waals surface area contributed by atoms with Crippen molar-refractivity contribution in [2.45, 2.75) is 52.5 Å². The summed E-state index contributed by atoms with van der Waals surface area (Å²) in [6.45, 7) is 9.59. The first-order valence-electron chi connectivity index (χ1n) is 25.2. The lowest BCUT2D eigenvalue weighted by Gasteiger charge is -2.30. The minimum atomic E-state index is -0.0369. The molecule has 11 aromatic carbocycles. The van der Waals surface area contributed by atoms with Crippen molar-refractivity contribution in [3.8, 4) is 5.69 Å². The van der Waals surface area contributed by atoms with Crippen molar-refractivity contribution in [3.63, 3.8) is 0 Å². The van der Waals surface area contributed by atoms with Gasteiger partial charge in [-0.05, 0) is 137 Å². The summed E-state index contributed by atoms with van der Waals surface area (Å²) >= 11 is 1.92. The van der Waals surface area contributed by atoms with Crippen LogP contribution in [0.5, 0.6) is 0 Å². The quantitative estimate of drug-likeness (QED) is 0.0961. The lowest BCUT2D eigenvalue weighted by atomic mass is 9.78. The van der Waals surface area contributed by atoms with Crippen molar-refractivity contribution in [3.05, 3.63) is 223 Å². The molecule has 0 radical (unpaired) electrons. The monoisotopic (exact) mass is 918 g/mol. The van der Waals surface area contributed by atoms with E-state index in [1.165, 1.54) is 124 Å². The third-order valence-electron chi connectivity index (χ3n) is 15.8. The van der Waals surface area contributed by atoms with E-state index in [4.69, 9.17) is 4.99 Å². The molecule has 2 nitrogen and oxygen atoms in total. The molecule has 2 aromatic heterocycles. The molecule has 13 rings (SSSR count). The zero-order valence-electron chi connectivity index (χ0n) is 40.2. The number of nitrogens with zero attached hydrogens (tertiary/aromatic N) is 2. The fourth-order valence-corrected chi connectivity index (χ4v) is 13.1. The van der Waals surface area contributed by atoms with Crippen LogP contribution in [0.2, 0.25) is 0 Å². The number of thiophene rings is 1. The molecule has 0 saturated carbocycles. The van der Waals surface area contributed by atoms with Gasteiger partial charge in [0.05, 0.1) is 17.1 Å². The average Bonchev–Trinajstić information content (AvgIpc) is 3.95. The summed E-state index contributed by atoms with van der Waals surface area (Å²) in [6, 6.07) is 77.5. The highest BCUT2D eigenvalue weighted by atomic mass is 32.1. The van der Waals surface area contributed by atoms with Crippen LogP contribution in [0.4, 0.5) is 0 Å². The van der Waals surface area contributed by atoms with E-state index in [1.807, 2.05) is 11.3 Å². The Morgan fingerprint density at radius 2 is 1.04 bits per heavy atom. The maximum Gasteiger partial charge on any atom is 0.0778 e. The van der Waals surface area contributed by atoms with Crippen LogP contribution >= 0.6 is 11.3 Å². The largest absolute Gasteiger partial charge is 0.309 e. The Morgan fingerprint density at radius 1 is 0.457 bits per heavy atom. The number of para-hydroxylation sites is 1. The predicted octanol–water partition coefficient (Wildman–Crippen LogP) is 19.3. The maximum atomic E-state index is 6.17. The van der Waals surface area contributed by atoms with Gasteiger partial charge in [-0.1, -0.05) is 192 Å². The van der Waals surface area contributed by atoms with E-state index in [0.717, 1.165) is 12.8 Å². The van der Waals surface area contributed by atoms with Gasteiger partial charge in [0.25, 0.3) is 0 Å². The van der Waals surface area contributed by atoms with Crippen LogP contribution in [-0.2, 0) is 0 Å². The number of benzene rings is 11. The number of hydrogen-bond donors (Lipinski definition) is 0. The molecule has 0 aliphatic heterocycles. The van der Waals surface area contributed by atoms with E-state index in [2.05, 4.69) is 239 Å². The van der Waals surface area contributed by atoms with Gasteiger partial charge < -0.3 is 4.57 Å². The Labute approximate surface area is 413 Å². The molecule has 0 amide bonds. The van der Waals surface area contributed by atoms with Gasteiger partial charge in [0.15, 0.2) is 0 Å². The Bertz CT molecular complexity index is 4220. The molecule has 0 aliphatic rings. The Kier molecular flexibility index (Phi) is 10.4. The van der Waals surface area contributed by atoms with Gasteiger partial charge >= 0.3 is 0 Å². The minimum Gasteiger partial charge on any atom is -0.309 e. The topological polar surface area (TPSA) is 17.3 Å². The summed E-state index contributed by atoms with van der Waals surface area (Å²) in [6.07, 6.45) is 1.95. The van der Waals surface area contributed by atoms with Gasteiger partial charge in [0.2, 0.25) is 0 Å². The van der Waals surface area contributed by atoms with E-state index < -0.39 is 0 Å². The molecule has 0 N–H and O–H groups in total. The molecule has 0 aliphatic carbocycles. The Balaban J connectivity index is 1.04. The van der Waals surface area contributed by atoms with Crippen molar-refractivity contribution >= 4 is 113 Å². The maximum absolute atomic E-state index is 6.17. The van der Waals surface area contributed by atoms with Crippen LogP contribution < -0.4 is 0 Å². The van der Waals surface area contributed by atoms with Gasteiger partial charge in [-0.2, -0.15) is 0 Å². The first-order valence-corrected chi connectivity index (χ1v) is 26.0. The van der Waals surface area contributed by atoms with E-state index >= 15 is 0 Å². The molecule has 0 saturated heterocycles. The summed E-state index contributed by atoms with van der Waals surface area (Å²) < 4.78 is 5.17. The lowest BCUT2D eigenvalue weighted by molar-refractivity contribution is 0.453. The molecule has 338 valence electrons. The van der Waals surface area contributed by atoms with Crippen LogP contribution in [0.25, 0.3) is 102 Å². The summed E-state index contributed by atoms with van der Waals surface area (Å²) in [7, 11) is 0. The number of aromatic nitrogens is 1. The molecule has 4 atom stereocenters. The van der Waals surface area contributed by atoms with E-state index in [1.54, 1.807) is 0 Å². The first-order chi connectivity index (χ1) is 34.4. The fourth-order valence-electron chi connectivity index (χ4n) is 12.0. The van der Waals surface area contributed by atoms with E-state index in [0.29, 0.717) is 5.92 Å². The number of aliphatic imine (C=N–C) groups is 1. The van der Waals surface area contributed by atoms with Gasteiger partial charge in [-0.15, -0.1) is 11.3 Å². The molecule has 70 heavy (non-hydrogen) atoms. The molecule has 13 aromatic rings. The lowest BCUT2D eigenvalue weighted by Crippen LogP contribution is -2.24. The van der Waals surface area contributed by atoms with Crippen LogP contribution in [0.1, 0.15) is 69.2 Å². The summed E-state index contributed by atoms with van der Waals surface area (Å²) in [5, 5.41) is 18.0. The standard InChI is InChI=1S/C67H54N2S/c1-5-41(3)66(49-31-33-55-47(35-49)29-27-43-17-9-11-21-53(43)55)68-67(50-32-34-56-48(36-50)30-28-44-18-10-12-22-54(44)56)52(6-2)42(4)59-39-51(40-64-65(59)58-24-14-16-26-63(58)70-64)69-61-25-15-13-23-57(61)60-37-45-19-7-8-20-46(45)38-62(60)69/h7-42,52,66H,5-6H2,1-4H3/b68-67-. The first kappa shape index (κ1) is 42.5. The van der Waals surface area contributed by atoms with Crippen LogP contribution in [-0.4, -0.2) is 10.3 Å². The van der Waals surface area contributed by atoms with Crippen LogP contribution in [0.3, 0.4) is 0 Å². The number of fused-ring (bicyclic) bond motifs is 13. The van der Waals surface area contributed by atoms with Gasteiger partial charge in [-0.3, -0.25) is 4.99 Å². The molecular formula is C67H54N2S. The fraction of sp³-hybridized carbons (Fsp3) is 0.149. The second kappa shape index (κ2) is 17.1. The summed E-state index contributed by atoms with van der Waals surface area (Å²) in [5.41, 5.74) is 8.71. The highest BCUT2D eigenvalue weighted by Gasteiger charge is 2.30. The normalized spacial score (nSPS) is 14.3. The smallest absolute Gasteiger partial charge is 0.0778 e. The summed E-state index contributed by atoms with van der Waals surface area (Å²) in [5.74, 6) is 0.534. The highest BCUT2D eigenvalue weighted by Crippen LogP contribution is 2.46. The van der Waals surface area contributed by atoms with Crippen molar-refractivity contribution in [1.82, 2.24) is 4.57 Å². The Morgan fingerprint density at radius 3 is 1.76 bits per heavy atom. The zero-order chi connectivity index (χ0) is 47.0. The van der Waals surface area contributed by atoms with Crippen molar-refractivity contribution in [1.29, 1.82) is 0 Å².